The molecule has 6 nitrogen and oxygen atoms in total. The summed E-state index contributed by atoms with van der Waals surface area (Å²) in [4.78, 5) is 33.9. The second-order valence-corrected chi connectivity index (χ2v) is 11.0. The third-order valence-electron chi connectivity index (χ3n) is 6.13. The molecule has 2 aliphatic heterocycles. The summed E-state index contributed by atoms with van der Waals surface area (Å²) < 4.78 is 8.93. The van der Waals surface area contributed by atoms with Crippen LogP contribution >= 0.6 is 34.4 Å². The van der Waals surface area contributed by atoms with E-state index in [4.69, 9.17) is 0 Å². The molecule has 5 heterocycles. The van der Waals surface area contributed by atoms with Crippen LogP contribution in [0.1, 0.15) is 20.2 Å². The Kier molecular flexibility index (Phi) is 4.45. The van der Waals surface area contributed by atoms with Crippen LogP contribution in [-0.4, -0.2) is 44.5 Å². The van der Waals surface area contributed by atoms with Crippen LogP contribution in [0.4, 0.5) is 0 Å². The minimum Gasteiger partial charge on any atom is -0.309 e. The van der Waals surface area contributed by atoms with E-state index in [1.807, 2.05) is 38.1 Å². The van der Waals surface area contributed by atoms with Crippen LogP contribution in [0.25, 0.3) is 32.9 Å². The highest BCUT2D eigenvalue weighted by Gasteiger charge is 2.47. The Bertz CT molecular complexity index is 1570. The number of rotatable bonds is 3. The number of benzene rings is 1. The largest absolute Gasteiger partial charge is 0.309 e. The standard InChI is InChI=1S/C24H18N4O2S3/c1-11-5-7-13(20-19(11)25-33-26-20)14-9-10-16(32-14)22-18-17(23(29)28(22)4)21(27(3)24(18)30)15-8-6-12(2)31-15/h5-10H,1-4H3. The van der Waals surface area contributed by atoms with Gasteiger partial charge in [-0.15, -0.1) is 22.7 Å². The Balaban J connectivity index is 1.52. The van der Waals surface area contributed by atoms with Gasteiger partial charge in [0.25, 0.3) is 11.8 Å². The molecule has 0 aliphatic carbocycles. The highest BCUT2D eigenvalue weighted by atomic mass is 32.1. The molecular weight excluding hydrogens is 472 g/mol. The van der Waals surface area contributed by atoms with Gasteiger partial charge >= 0.3 is 0 Å². The SMILES string of the molecule is Cc1ccc(C2=C3C(=O)N(C)C(c4ccc(-c5ccc(C)c6nsnc56)s4)=C3C(=O)N2C)s1. The number of nitrogens with zero attached hydrogens (tertiary/aromatic N) is 4. The first-order valence-electron chi connectivity index (χ1n) is 10.3. The zero-order chi connectivity index (χ0) is 23.0. The number of carbonyl (C=O) groups is 2. The maximum absolute atomic E-state index is 13.3. The predicted octanol–water partition coefficient (Wildman–Crippen LogP) is 5.16. The third kappa shape index (κ3) is 2.82. The van der Waals surface area contributed by atoms with E-state index in [2.05, 4.69) is 20.9 Å². The molecule has 33 heavy (non-hydrogen) atoms. The smallest absolute Gasteiger partial charge is 0.261 e. The fourth-order valence-corrected chi connectivity index (χ4v) is 7.16. The Labute approximate surface area is 202 Å². The Hall–Kier alpha value is -3.14. The van der Waals surface area contributed by atoms with Crippen molar-refractivity contribution >= 4 is 68.6 Å². The number of hydrogen-bond acceptors (Lipinski definition) is 7. The molecule has 164 valence electrons. The number of aromatic nitrogens is 2. The minimum atomic E-state index is -0.143. The lowest BCUT2D eigenvalue weighted by Gasteiger charge is -2.18. The number of hydrogen-bond donors (Lipinski definition) is 0. The van der Waals surface area contributed by atoms with Gasteiger partial charge in [-0.3, -0.25) is 9.59 Å². The van der Waals surface area contributed by atoms with E-state index >= 15 is 0 Å². The molecule has 0 fully saturated rings. The van der Waals surface area contributed by atoms with Crippen LogP contribution in [0.15, 0.2) is 47.5 Å². The van der Waals surface area contributed by atoms with Crippen LogP contribution in [0.2, 0.25) is 0 Å². The van der Waals surface area contributed by atoms with E-state index in [0.717, 1.165) is 41.7 Å². The maximum Gasteiger partial charge on any atom is 0.261 e. The summed E-state index contributed by atoms with van der Waals surface area (Å²) in [5.41, 5.74) is 6.26. The second-order valence-electron chi connectivity index (χ2n) is 8.14. The molecule has 6 rings (SSSR count). The van der Waals surface area contributed by atoms with Gasteiger partial charge in [0, 0.05) is 29.4 Å². The summed E-state index contributed by atoms with van der Waals surface area (Å²) in [5, 5.41) is 0. The lowest BCUT2D eigenvalue weighted by Crippen LogP contribution is -2.24. The van der Waals surface area contributed by atoms with Crippen LogP contribution in [0.5, 0.6) is 0 Å². The molecule has 0 saturated heterocycles. The molecule has 0 radical (unpaired) electrons. The van der Waals surface area contributed by atoms with E-state index < -0.39 is 0 Å². The van der Waals surface area contributed by atoms with E-state index in [1.54, 1.807) is 46.6 Å². The second kappa shape index (κ2) is 7.18. The van der Waals surface area contributed by atoms with Crippen molar-refractivity contribution in [3.05, 3.63) is 67.7 Å². The first-order valence-corrected chi connectivity index (χ1v) is 12.7. The lowest BCUT2D eigenvalue weighted by atomic mass is 10.1. The zero-order valence-electron chi connectivity index (χ0n) is 18.3. The third-order valence-corrected chi connectivity index (χ3v) is 8.79. The average molecular weight is 491 g/mol. The van der Waals surface area contributed by atoms with Gasteiger partial charge in [-0.1, -0.05) is 12.1 Å². The summed E-state index contributed by atoms with van der Waals surface area (Å²) in [5.74, 6) is -0.287. The zero-order valence-corrected chi connectivity index (χ0v) is 20.7. The first kappa shape index (κ1) is 20.5. The Morgan fingerprint density at radius 2 is 1.27 bits per heavy atom. The molecule has 0 saturated carbocycles. The maximum atomic E-state index is 13.3. The number of thiophene rings is 2. The van der Waals surface area contributed by atoms with Crippen LogP contribution in [-0.2, 0) is 9.59 Å². The molecule has 1 aromatic carbocycles. The Morgan fingerprint density at radius 1 is 0.697 bits per heavy atom. The summed E-state index contributed by atoms with van der Waals surface area (Å²) in [6.07, 6.45) is 0. The number of likely N-dealkylation sites (N-methyl/N-ethyl adjacent to an activating group) is 2. The van der Waals surface area contributed by atoms with E-state index in [-0.39, 0.29) is 11.8 Å². The number of amides is 2. The number of fused-ring (bicyclic) bond motifs is 2. The summed E-state index contributed by atoms with van der Waals surface area (Å²) in [6, 6.07) is 12.1. The van der Waals surface area contributed by atoms with Gasteiger partial charge in [-0.2, -0.15) is 8.75 Å². The fourth-order valence-electron chi connectivity index (χ4n) is 4.46. The molecule has 0 N–H and O–H groups in total. The highest BCUT2D eigenvalue weighted by Crippen LogP contribution is 2.48. The number of carbonyl (C=O) groups excluding carboxylic acids is 2. The highest BCUT2D eigenvalue weighted by molar-refractivity contribution is 7.16. The average Bonchev–Trinajstić information content (AvgIpc) is 3.60. The molecule has 0 spiro atoms. The van der Waals surface area contributed by atoms with Gasteiger partial charge in [-0.25, -0.2) is 0 Å². The normalized spacial score (nSPS) is 16.2. The van der Waals surface area contributed by atoms with E-state index in [1.165, 1.54) is 11.7 Å². The first-order chi connectivity index (χ1) is 15.9. The van der Waals surface area contributed by atoms with Crippen molar-refractivity contribution in [3.8, 4) is 10.4 Å². The van der Waals surface area contributed by atoms with Gasteiger partial charge in [0.1, 0.15) is 11.0 Å². The predicted molar refractivity (Wildman–Crippen MR) is 134 cm³/mol. The van der Waals surface area contributed by atoms with Crippen LogP contribution in [0, 0.1) is 13.8 Å². The van der Waals surface area contributed by atoms with Crippen molar-refractivity contribution in [3.63, 3.8) is 0 Å². The molecule has 3 aromatic heterocycles. The van der Waals surface area contributed by atoms with Crippen molar-refractivity contribution in [2.24, 2.45) is 0 Å². The quantitative estimate of drug-likeness (QED) is 0.398. The molecule has 2 amide bonds. The van der Waals surface area contributed by atoms with Crippen LogP contribution < -0.4 is 0 Å². The van der Waals surface area contributed by atoms with Crippen molar-refractivity contribution in [1.82, 2.24) is 18.5 Å². The molecule has 0 atom stereocenters. The molecule has 2 aliphatic rings. The minimum absolute atomic E-state index is 0.143. The lowest BCUT2D eigenvalue weighted by molar-refractivity contribution is -0.123. The molecular formula is C24H18N4O2S3. The van der Waals surface area contributed by atoms with Crippen LogP contribution in [0.3, 0.4) is 0 Å². The van der Waals surface area contributed by atoms with Crippen molar-refractivity contribution in [2.45, 2.75) is 13.8 Å². The van der Waals surface area contributed by atoms with Gasteiger partial charge in [0.05, 0.1) is 44.0 Å². The van der Waals surface area contributed by atoms with Gasteiger partial charge in [0.15, 0.2) is 0 Å². The van der Waals surface area contributed by atoms with Crippen molar-refractivity contribution in [1.29, 1.82) is 0 Å². The summed E-state index contributed by atoms with van der Waals surface area (Å²) in [6.45, 7) is 4.05. The van der Waals surface area contributed by atoms with Gasteiger partial charge in [0.2, 0.25) is 0 Å². The fraction of sp³-hybridized carbons (Fsp3) is 0.167. The number of aryl methyl sites for hydroxylation is 2. The van der Waals surface area contributed by atoms with E-state index in [9.17, 15) is 9.59 Å². The van der Waals surface area contributed by atoms with E-state index in [0.29, 0.717) is 22.5 Å². The van der Waals surface area contributed by atoms with Gasteiger partial charge < -0.3 is 9.80 Å². The molecule has 0 unspecified atom stereocenters. The van der Waals surface area contributed by atoms with Crippen molar-refractivity contribution < 1.29 is 9.59 Å². The molecule has 0 bridgehead atoms. The summed E-state index contributed by atoms with van der Waals surface area (Å²) in [7, 11) is 3.49. The Morgan fingerprint density at radius 3 is 1.91 bits per heavy atom. The molecule has 4 aromatic rings. The topological polar surface area (TPSA) is 66.4 Å². The monoisotopic (exact) mass is 490 g/mol. The van der Waals surface area contributed by atoms with Gasteiger partial charge in [-0.05, 0) is 43.7 Å². The molecule has 9 heteroatoms. The summed E-state index contributed by atoms with van der Waals surface area (Å²) >= 11 is 4.36. The van der Waals surface area contributed by atoms with Crippen molar-refractivity contribution in [2.75, 3.05) is 14.1 Å².